The molecule has 0 heterocycles. The van der Waals surface area contributed by atoms with Crippen molar-refractivity contribution in [1.82, 2.24) is 0 Å². The van der Waals surface area contributed by atoms with E-state index in [0.29, 0.717) is 12.1 Å². The van der Waals surface area contributed by atoms with Gasteiger partial charge < -0.3 is 5.73 Å². The van der Waals surface area contributed by atoms with Crippen molar-refractivity contribution in [1.29, 1.82) is 0 Å². The van der Waals surface area contributed by atoms with Gasteiger partial charge in [0, 0.05) is 16.6 Å². The van der Waals surface area contributed by atoms with Crippen LogP contribution in [-0.2, 0) is 5.67 Å². The average molecular weight is 272 g/mol. The van der Waals surface area contributed by atoms with E-state index in [-0.39, 0.29) is 0 Å². The van der Waals surface area contributed by atoms with Crippen LogP contribution >= 0.6 is 15.9 Å². The van der Waals surface area contributed by atoms with Gasteiger partial charge in [0.25, 0.3) is 0 Å². The summed E-state index contributed by atoms with van der Waals surface area (Å²) in [7, 11) is 0. The molecule has 1 nitrogen and oxygen atoms in total. The van der Waals surface area contributed by atoms with Crippen molar-refractivity contribution in [2.24, 2.45) is 5.73 Å². The molecule has 0 aliphatic rings. The number of nitrogens with two attached hydrogens (primary N) is 1. The lowest BCUT2D eigenvalue weighted by Gasteiger charge is -2.16. The molecule has 0 aromatic heterocycles. The van der Waals surface area contributed by atoms with Crippen molar-refractivity contribution in [2.75, 3.05) is 6.54 Å². The Kier molecular flexibility index (Phi) is 4.05. The maximum Gasteiger partial charge on any atom is 0.131 e. The fourth-order valence-corrected chi connectivity index (χ4v) is 2.19. The van der Waals surface area contributed by atoms with Gasteiger partial charge in [0.1, 0.15) is 5.67 Å². The van der Waals surface area contributed by atoms with Gasteiger partial charge in [-0.15, -0.1) is 0 Å². The van der Waals surface area contributed by atoms with Crippen LogP contribution in [0.15, 0.2) is 28.7 Å². The smallest absolute Gasteiger partial charge is 0.131 e. The molecule has 0 atom stereocenters. The van der Waals surface area contributed by atoms with Gasteiger partial charge in [0.15, 0.2) is 0 Å². The highest BCUT2D eigenvalue weighted by Gasteiger charge is 2.21. The third kappa shape index (κ3) is 3.43. The fourth-order valence-electron chi connectivity index (χ4n) is 1.32. The van der Waals surface area contributed by atoms with Crippen LogP contribution in [0.1, 0.15) is 25.0 Å². The molecule has 0 aliphatic carbocycles. The zero-order valence-corrected chi connectivity index (χ0v) is 10.5. The first-order valence-electron chi connectivity index (χ1n) is 4.80. The Hall–Kier alpha value is -0.670. The van der Waals surface area contributed by atoms with Gasteiger partial charge >= 0.3 is 0 Å². The molecule has 0 amide bonds. The van der Waals surface area contributed by atoms with E-state index in [1.165, 1.54) is 0 Å². The summed E-state index contributed by atoms with van der Waals surface area (Å²) in [6.45, 7) is 3.60. The van der Waals surface area contributed by atoms with Crippen LogP contribution in [0.4, 0.5) is 4.39 Å². The molecule has 2 N–H and O–H groups in total. The normalized spacial score (nSPS) is 12.3. The van der Waals surface area contributed by atoms with Crippen molar-refractivity contribution < 1.29 is 4.39 Å². The fraction of sp³-hybridized carbons (Fsp3) is 0.333. The Labute approximate surface area is 98.3 Å². The molecule has 3 heteroatoms. The summed E-state index contributed by atoms with van der Waals surface area (Å²) < 4.78 is 14.5. The van der Waals surface area contributed by atoms with E-state index < -0.39 is 5.67 Å². The maximum absolute atomic E-state index is 13.7. The lowest BCUT2D eigenvalue weighted by atomic mass is 9.99. The lowest BCUT2D eigenvalue weighted by molar-refractivity contribution is 0.220. The third-order valence-electron chi connectivity index (χ3n) is 2.08. The largest absolute Gasteiger partial charge is 0.327 e. The molecule has 0 spiro atoms. The number of hydrogen-bond acceptors (Lipinski definition) is 1. The van der Waals surface area contributed by atoms with Crippen LogP contribution in [0.25, 0.3) is 6.08 Å². The number of rotatable bonds is 3. The topological polar surface area (TPSA) is 26.0 Å². The summed E-state index contributed by atoms with van der Waals surface area (Å²) in [6.07, 6.45) is 3.78. The molecule has 0 aliphatic heterocycles. The van der Waals surface area contributed by atoms with Crippen molar-refractivity contribution in [3.63, 3.8) is 0 Å². The van der Waals surface area contributed by atoms with E-state index in [9.17, 15) is 4.39 Å². The highest BCUT2D eigenvalue weighted by molar-refractivity contribution is 9.10. The van der Waals surface area contributed by atoms with Crippen LogP contribution in [0, 0.1) is 0 Å². The van der Waals surface area contributed by atoms with Crippen molar-refractivity contribution >= 4 is 22.0 Å². The summed E-state index contributed by atoms with van der Waals surface area (Å²) in [5, 5.41) is 0. The predicted molar refractivity (Wildman–Crippen MR) is 66.4 cm³/mol. The molecule has 0 unspecified atom stereocenters. The first-order valence-corrected chi connectivity index (χ1v) is 5.60. The highest BCUT2D eigenvalue weighted by Crippen LogP contribution is 2.31. The minimum atomic E-state index is -1.32. The molecule has 0 fully saturated rings. The van der Waals surface area contributed by atoms with Crippen LogP contribution in [0.5, 0.6) is 0 Å². The molecule has 0 radical (unpaired) electrons. The van der Waals surface area contributed by atoms with Gasteiger partial charge in [-0.05, 0) is 25.5 Å². The molecule has 0 saturated carbocycles. The molecular formula is C12H15BrFN. The second-order valence-corrected chi connectivity index (χ2v) is 4.70. The standard InChI is InChI=1S/C12H15BrFN/c1-12(2,14)10-6-5-9(4-3-7-15)8-11(10)13/h3-6,8H,7,15H2,1-2H3/b4-3+. The van der Waals surface area contributed by atoms with Gasteiger partial charge in [-0.1, -0.05) is 40.2 Å². The first kappa shape index (κ1) is 12.4. The summed E-state index contributed by atoms with van der Waals surface area (Å²) >= 11 is 3.37. The van der Waals surface area contributed by atoms with E-state index in [4.69, 9.17) is 5.73 Å². The molecule has 0 bridgehead atoms. The Morgan fingerprint density at radius 3 is 2.60 bits per heavy atom. The van der Waals surface area contributed by atoms with Crippen molar-refractivity contribution in [3.8, 4) is 0 Å². The van der Waals surface area contributed by atoms with E-state index in [2.05, 4.69) is 15.9 Å². The van der Waals surface area contributed by atoms with Crippen LogP contribution in [0.3, 0.4) is 0 Å². The van der Waals surface area contributed by atoms with Gasteiger partial charge in [-0.3, -0.25) is 0 Å². The van der Waals surface area contributed by atoms with Crippen molar-refractivity contribution in [3.05, 3.63) is 39.9 Å². The number of benzene rings is 1. The Balaban J connectivity index is 3.04. The monoisotopic (exact) mass is 271 g/mol. The van der Waals surface area contributed by atoms with Gasteiger partial charge in [-0.25, -0.2) is 4.39 Å². The van der Waals surface area contributed by atoms with Gasteiger partial charge in [-0.2, -0.15) is 0 Å². The highest BCUT2D eigenvalue weighted by atomic mass is 79.9. The minimum Gasteiger partial charge on any atom is -0.327 e. The minimum absolute atomic E-state index is 0.508. The zero-order chi connectivity index (χ0) is 11.5. The summed E-state index contributed by atoms with van der Waals surface area (Å²) in [6, 6.07) is 5.57. The second-order valence-electron chi connectivity index (χ2n) is 3.85. The van der Waals surface area contributed by atoms with E-state index in [1.807, 2.05) is 24.3 Å². The maximum atomic E-state index is 13.7. The van der Waals surface area contributed by atoms with E-state index >= 15 is 0 Å². The molecule has 15 heavy (non-hydrogen) atoms. The summed E-state index contributed by atoms with van der Waals surface area (Å²) in [5.41, 5.74) is 5.70. The molecule has 82 valence electrons. The van der Waals surface area contributed by atoms with Gasteiger partial charge in [0.2, 0.25) is 0 Å². The van der Waals surface area contributed by atoms with Crippen LogP contribution < -0.4 is 5.73 Å². The molecule has 1 rings (SSSR count). The van der Waals surface area contributed by atoms with Crippen molar-refractivity contribution in [2.45, 2.75) is 19.5 Å². The molecule has 1 aromatic rings. The number of alkyl halides is 1. The third-order valence-corrected chi connectivity index (χ3v) is 2.74. The molecular weight excluding hydrogens is 257 g/mol. The van der Waals surface area contributed by atoms with Gasteiger partial charge in [0.05, 0.1) is 0 Å². The summed E-state index contributed by atoms with van der Waals surface area (Å²) in [5.74, 6) is 0. The van der Waals surface area contributed by atoms with E-state index in [0.717, 1.165) is 10.0 Å². The van der Waals surface area contributed by atoms with Crippen LogP contribution in [-0.4, -0.2) is 6.54 Å². The molecule has 0 saturated heterocycles. The first-order chi connectivity index (χ1) is 6.95. The predicted octanol–water partition coefficient (Wildman–Crippen LogP) is 3.63. The Morgan fingerprint density at radius 1 is 1.47 bits per heavy atom. The number of halogens is 2. The quantitative estimate of drug-likeness (QED) is 0.893. The van der Waals surface area contributed by atoms with E-state index in [1.54, 1.807) is 19.9 Å². The van der Waals surface area contributed by atoms with Crippen LogP contribution in [0.2, 0.25) is 0 Å². The Morgan fingerprint density at radius 2 is 2.13 bits per heavy atom. The zero-order valence-electron chi connectivity index (χ0n) is 8.93. The lowest BCUT2D eigenvalue weighted by Crippen LogP contribution is -2.09. The Bertz CT molecular complexity index is 366. The average Bonchev–Trinajstić information content (AvgIpc) is 2.12. The molecule has 1 aromatic carbocycles. The number of hydrogen-bond donors (Lipinski definition) is 1. The SMILES string of the molecule is CC(C)(F)c1ccc(/C=C/CN)cc1Br. The summed E-state index contributed by atoms with van der Waals surface area (Å²) in [4.78, 5) is 0. The second kappa shape index (κ2) is 4.90.